The second kappa shape index (κ2) is 24.8. The molecule has 0 unspecified atom stereocenters. The molecule has 0 bridgehead atoms. The van der Waals surface area contributed by atoms with Gasteiger partial charge in [-0.15, -0.1) is 0 Å². The first-order valence-electron chi connectivity index (χ1n) is 12.6. The summed E-state index contributed by atoms with van der Waals surface area (Å²) in [6, 6.07) is -1.04. The van der Waals surface area contributed by atoms with Crippen LogP contribution in [0.15, 0.2) is 60.8 Å². The zero-order valence-electron chi connectivity index (χ0n) is 22.3. The normalized spacial score (nSPS) is 23.8. The third-order valence-electron chi connectivity index (χ3n) is 4.87. The van der Waals surface area contributed by atoms with Crippen molar-refractivity contribution >= 4 is 16.4 Å². The van der Waals surface area contributed by atoms with Gasteiger partial charge in [0.05, 0.1) is 12.6 Å². The van der Waals surface area contributed by atoms with Gasteiger partial charge in [0.2, 0.25) is 0 Å². The minimum Gasteiger partial charge on any atom is -0.481 e. The summed E-state index contributed by atoms with van der Waals surface area (Å²) in [7, 11) is -4.67. The lowest BCUT2D eigenvalue weighted by atomic mass is 9.98. The van der Waals surface area contributed by atoms with Crippen LogP contribution in [0, 0.1) is 0 Å². The quantitative estimate of drug-likeness (QED) is 0.0840. The van der Waals surface area contributed by atoms with Crippen LogP contribution in [0.2, 0.25) is 0 Å². The highest BCUT2D eigenvalue weighted by Crippen LogP contribution is 2.17. The zero-order chi connectivity index (χ0) is 30.1. The lowest BCUT2D eigenvalue weighted by Crippen LogP contribution is -2.61. The molecule has 0 radical (unpaired) electrons. The Kier molecular flexibility index (Phi) is 24.8. The van der Waals surface area contributed by atoms with Gasteiger partial charge in [-0.1, -0.05) is 67.7 Å². The van der Waals surface area contributed by atoms with E-state index in [4.69, 9.17) is 43.3 Å². The number of nitrogens with two attached hydrogens (primary N) is 1. The number of carbonyl (C=O) groups is 1. The predicted molar refractivity (Wildman–Crippen MR) is 148 cm³/mol. The molecule has 9 N–H and O–H groups in total. The fraction of sp³-hybridized carbons (Fsp3) is 0.577. The van der Waals surface area contributed by atoms with Gasteiger partial charge in [0, 0.05) is 6.42 Å². The van der Waals surface area contributed by atoms with Gasteiger partial charge >= 0.3 is 16.4 Å². The molecule has 5 atom stereocenters. The van der Waals surface area contributed by atoms with Gasteiger partial charge in [-0.05, 0) is 44.9 Å². The SMILES string of the molecule is CC/C=C\C/C=C\C/C=C\C/C=C\C/C=C\CCCC(=O)O.N[C@@H]1[C@@H](O)[C@H](O)[C@@H](CO)O[C@H]1O.O=S(=O)(O)O. The Morgan fingerprint density at radius 2 is 1.23 bits per heavy atom. The van der Waals surface area contributed by atoms with Crippen molar-refractivity contribution in [3.8, 4) is 0 Å². The third-order valence-corrected chi connectivity index (χ3v) is 4.87. The van der Waals surface area contributed by atoms with Crippen LogP contribution in [0.1, 0.15) is 58.3 Å². The van der Waals surface area contributed by atoms with E-state index < -0.39 is 53.6 Å². The largest absolute Gasteiger partial charge is 0.481 e. The first kappa shape index (κ1) is 38.9. The number of unbranched alkanes of at least 4 members (excludes halogenated alkanes) is 1. The van der Waals surface area contributed by atoms with Gasteiger partial charge in [0.15, 0.2) is 6.29 Å². The average molecular weight is 580 g/mol. The molecule has 0 aromatic rings. The Balaban J connectivity index is 0. The summed E-state index contributed by atoms with van der Waals surface area (Å²) in [5, 5.41) is 44.6. The van der Waals surface area contributed by atoms with Crippen molar-refractivity contribution in [2.24, 2.45) is 5.73 Å². The molecule has 1 heterocycles. The first-order valence-corrected chi connectivity index (χ1v) is 14.0. The van der Waals surface area contributed by atoms with Crippen LogP contribution in [0.4, 0.5) is 0 Å². The monoisotopic (exact) mass is 579 g/mol. The Hall–Kier alpha value is -2.20. The summed E-state index contributed by atoms with van der Waals surface area (Å²) in [5.41, 5.74) is 5.26. The molecular formula is C26H45NO11S. The molecule has 1 aliphatic heterocycles. The number of aliphatic hydroxyl groups excluding tert-OH is 4. The standard InChI is InChI=1S/C20H30O2.C6H13NO5.H2O4S/c1-2-3-4-5-6-7-8-9-10-11-12-13-14-15-16-17-18-19-20(21)22;7-3-5(10)4(9)2(1-8)12-6(3)11;1-5(2,3)4/h3-4,6-7,9-10,12-13,15-16H,2,5,8,11,14,17-19H2,1H3,(H,21,22);2-6,8-11H,1,7H2;(H2,1,2,3,4)/b4-3-,7-6-,10-9-,13-12-,16-15-;;/t;2-,3-,4-,5-,6-;/m.1./s1. The molecule has 0 spiro atoms. The Morgan fingerprint density at radius 1 is 0.821 bits per heavy atom. The number of hydrogen-bond donors (Lipinski definition) is 8. The molecule has 0 aliphatic carbocycles. The number of allylic oxidation sites excluding steroid dienone is 10. The fourth-order valence-electron chi connectivity index (χ4n) is 2.86. The smallest absolute Gasteiger partial charge is 0.394 e. The molecule has 1 saturated heterocycles. The van der Waals surface area contributed by atoms with Crippen LogP contribution in [-0.4, -0.2) is 86.3 Å². The molecule has 39 heavy (non-hydrogen) atoms. The molecular weight excluding hydrogens is 534 g/mol. The Morgan fingerprint density at radius 3 is 1.62 bits per heavy atom. The number of ether oxygens (including phenoxy) is 1. The van der Waals surface area contributed by atoms with Gasteiger partial charge in [-0.3, -0.25) is 13.9 Å². The molecule has 12 nitrogen and oxygen atoms in total. The number of rotatable bonds is 14. The molecule has 0 aromatic heterocycles. The van der Waals surface area contributed by atoms with Gasteiger partial charge in [0.1, 0.15) is 18.3 Å². The van der Waals surface area contributed by atoms with E-state index in [9.17, 15) is 15.0 Å². The van der Waals surface area contributed by atoms with Gasteiger partial charge in [0.25, 0.3) is 0 Å². The molecule has 1 aliphatic rings. The van der Waals surface area contributed by atoms with E-state index >= 15 is 0 Å². The van der Waals surface area contributed by atoms with Crippen molar-refractivity contribution < 1.29 is 52.6 Å². The lowest BCUT2D eigenvalue weighted by Gasteiger charge is -2.38. The summed E-state index contributed by atoms with van der Waals surface area (Å²) < 4.78 is 36.3. The fourth-order valence-corrected chi connectivity index (χ4v) is 2.86. The van der Waals surface area contributed by atoms with Crippen LogP contribution in [-0.2, 0) is 19.9 Å². The van der Waals surface area contributed by atoms with Crippen LogP contribution < -0.4 is 5.73 Å². The highest BCUT2D eigenvalue weighted by atomic mass is 32.3. The van der Waals surface area contributed by atoms with Gasteiger partial charge in [-0.25, -0.2) is 0 Å². The molecule has 0 saturated carbocycles. The van der Waals surface area contributed by atoms with Gasteiger partial charge in [-0.2, -0.15) is 8.42 Å². The second-order valence-electron chi connectivity index (χ2n) is 8.25. The molecule has 0 amide bonds. The summed E-state index contributed by atoms with van der Waals surface area (Å²) in [6.45, 7) is 1.67. The molecule has 1 fully saturated rings. The van der Waals surface area contributed by atoms with Crippen molar-refractivity contribution in [1.82, 2.24) is 0 Å². The number of carboxylic acids is 1. The molecule has 0 aromatic carbocycles. The maximum Gasteiger partial charge on any atom is 0.394 e. The maximum absolute atomic E-state index is 10.3. The van der Waals surface area contributed by atoms with E-state index in [-0.39, 0.29) is 6.42 Å². The Labute approximate surface area is 231 Å². The van der Waals surface area contributed by atoms with E-state index in [1.54, 1.807) is 0 Å². The maximum atomic E-state index is 10.3. The van der Waals surface area contributed by atoms with Crippen LogP contribution in [0.3, 0.4) is 0 Å². The molecule has 1 rings (SSSR count). The molecule has 13 heteroatoms. The van der Waals surface area contributed by atoms with Crippen LogP contribution >= 0.6 is 0 Å². The Bertz CT molecular complexity index is 856. The van der Waals surface area contributed by atoms with Gasteiger partial charge < -0.3 is 36.0 Å². The van der Waals surface area contributed by atoms with E-state index in [0.717, 1.165) is 44.9 Å². The summed E-state index contributed by atoms with van der Waals surface area (Å²) in [5.74, 6) is -0.715. The van der Waals surface area contributed by atoms with E-state index in [1.165, 1.54) is 0 Å². The number of aliphatic hydroxyl groups is 4. The summed E-state index contributed by atoms with van der Waals surface area (Å²) in [4.78, 5) is 10.3. The predicted octanol–water partition coefficient (Wildman–Crippen LogP) is 2.08. The van der Waals surface area contributed by atoms with Crippen LogP contribution in [0.5, 0.6) is 0 Å². The second-order valence-corrected chi connectivity index (χ2v) is 9.14. The van der Waals surface area contributed by atoms with Crippen molar-refractivity contribution in [2.75, 3.05) is 6.61 Å². The van der Waals surface area contributed by atoms with E-state index in [1.807, 2.05) is 0 Å². The van der Waals surface area contributed by atoms with Crippen molar-refractivity contribution in [3.63, 3.8) is 0 Å². The first-order chi connectivity index (χ1) is 18.3. The van der Waals surface area contributed by atoms with E-state index in [2.05, 4.69) is 67.7 Å². The number of aliphatic carboxylic acids is 1. The molecule has 226 valence electrons. The third kappa shape index (κ3) is 27.2. The summed E-state index contributed by atoms with van der Waals surface area (Å²) >= 11 is 0. The van der Waals surface area contributed by atoms with Crippen LogP contribution in [0.25, 0.3) is 0 Å². The highest BCUT2D eigenvalue weighted by molar-refractivity contribution is 7.79. The number of carboxylic acid groups (broad SMARTS) is 1. The van der Waals surface area contributed by atoms with Crippen molar-refractivity contribution in [1.29, 1.82) is 0 Å². The highest BCUT2D eigenvalue weighted by Gasteiger charge is 2.41. The van der Waals surface area contributed by atoms with E-state index in [0.29, 0.717) is 0 Å². The van der Waals surface area contributed by atoms with Crippen molar-refractivity contribution in [2.45, 2.75) is 88.9 Å². The lowest BCUT2D eigenvalue weighted by molar-refractivity contribution is -0.248. The van der Waals surface area contributed by atoms with Crippen molar-refractivity contribution in [3.05, 3.63) is 60.8 Å². The average Bonchev–Trinajstić information content (AvgIpc) is 2.86. The summed E-state index contributed by atoms with van der Waals surface area (Å²) in [6.07, 6.45) is 23.6. The topological polar surface area (TPSA) is 228 Å². The zero-order valence-corrected chi connectivity index (χ0v) is 23.1. The minimum absolute atomic E-state index is 0.258. The minimum atomic E-state index is -4.67. The number of hydrogen-bond acceptors (Lipinski definition) is 9.